The molecule has 4 rings (SSSR count). The van der Waals surface area contributed by atoms with Gasteiger partial charge < -0.3 is 15.3 Å². The molecule has 0 spiro atoms. The van der Waals surface area contributed by atoms with Gasteiger partial charge in [0.25, 0.3) is 10.0 Å². The fraction of sp³-hybridized carbons (Fsp3) is 0.200. The maximum absolute atomic E-state index is 13.0. The molecule has 0 saturated carbocycles. The SMILES string of the molecule is CC(C)(C)c1cc(CSc2ccc(Cl)cc2NS(=O)(=O)c2cc3ccccc3o2)ccn1.NC(=O)O. The van der Waals surface area contributed by atoms with Crippen LogP contribution in [0.5, 0.6) is 0 Å². The summed E-state index contributed by atoms with van der Waals surface area (Å²) in [6, 6.07) is 17.9. The topological polar surface area (TPSA) is 136 Å². The van der Waals surface area contributed by atoms with E-state index in [-0.39, 0.29) is 10.5 Å². The van der Waals surface area contributed by atoms with E-state index in [1.165, 1.54) is 17.8 Å². The van der Waals surface area contributed by atoms with Crippen molar-refractivity contribution in [1.82, 2.24) is 4.98 Å². The molecule has 4 aromatic rings. The Morgan fingerprint density at radius 1 is 1.14 bits per heavy atom. The highest BCUT2D eigenvalue weighted by atomic mass is 35.5. The van der Waals surface area contributed by atoms with Crippen molar-refractivity contribution in [3.05, 3.63) is 83.1 Å². The molecule has 0 radical (unpaired) electrons. The van der Waals surface area contributed by atoms with Crippen LogP contribution in [0.15, 0.2) is 81.3 Å². The number of carboxylic acid groups (broad SMARTS) is 1. The van der Waals surface area contributed by atoms with Gasteiger partial charge in [-0.05, 0) is 42.0 Å². The fourth-order valence-corrected chi connectivity index (χ4v) is 5.34. The molecule has 8 nitrogen and oxygen atoms in total. The van der Waals surface area contributed by atoms with E-state index in [0.717, 1.165) is 21.5 Å². The van der Waals surface area contributed by atoms with E-state index in [2.05, 4.69) is 42.3 Å². The first kappa shape index (κ1) is 27.4. The highest BCUT2D eigenvalue weighted by Gasteiger charge is 2.22. The summed E-state index contributed by atoms with van der Waals surface area (Å²) in [6.07, 6.45) is 0.476. The lowest BCUT2D eigenvalue weighted by Crippen LogP contribution is -2.13. The van der Waals surface area contributed by atoms with E-state index < -0.39 is 16.1 Å². The minimum Gasteiger partial charge on any atom is -0.465 e. The van der Waals surface area contributed by atoms with Gasteiger partial charge in [-0.25, -0.2) is 4.79 Å². The molecule has 0 fully saturated rings. The number of nitrogens with one attached hydrogen (secondary N) is 1. The molecular formula is C25H26ClN3O5S2. The van der Waals surface area contributed by atoms with E-state index in [9.17, 15) is 8.42 Å². The van der Waals surface area contributed by atoms with Gasteiger partial charge in [0.05, 0.1) is 5.69 Å². The Morgan fingerprint density at radius 3 is 2.50 bits per heavy atom. The third-order valence-electron chi connectivity index (χ3n) is 4.84. The van der Waals surface area contributed by atoms with Crippen LogP contribution in [-0.2, 0) is 21.2 Å². The smallest absolute Gasteiger partial charge is 0.402 e. The predicted octanol–water partition coefficient (Wildman–Crippen LogP) is 6.49. The number of anilines is 1. The highest BCUT2D eigenvalue weighted by molar-refractivity contribution is 7.98. The van der Waals surface area contributed by atoms with E-state index in [4.69, 9.17) is 25.9 Å². The van der Waals surface area contributed by atoms with Gasteiger partial charge >= 0.3 is 6.09 Å². The first-order valence-electron chi connectivity index (χ1n) is 10.7. The Hall–Kier alpha value is -3.21. The summed E-state index contributed by atoms with van der Waals surface area (Å²) < 4.78 is 34.2. The lowest BCUT2D eigenvalue weighted by molar-refractivity contribution is 0.205. The number of rotatable bonds is 6. The number of amides is 1. The van der Waals surface area contributed by atoms with Crippen LogP contribution in [0.25, 0.3) is 11.0 Å². The van der Waals surface area contributed by atoms with Gasteiger partial charge in [-0.1, -0.05) is 50.6 Å². The van der Waals surface area contributed by atoms with Crippen LogP contribution in [0.3, 0.4) is 0 Å². The van der Waals surface area contributed by atoms with Crippen molar-refractivity contribution in [3.8, 4) is 0 Å². The van der Waals surface area contributed by atoms with Crippen molar-refractivity contribution in [2.45, 2.75) is 41.9 Å². The van der Waals surface area contributed by atoms with Crippen LogP contribution >= 0.6 is 23.4 Å². The molecule has 4 N–H and O–H groups in total. The average Bonchev–Trinajstić information content (AvgIpc) is 3.23. The van der Waals surface area contributed by atoms with Gasteiger partial charge in [0.1, 0.15) is 5.58 Å². The Labute approximate surface area is 218 Å². The molecular weight excluding hydrogens is 522 g/mol. The highest BCUT2D eigenvalue weighted by Crippen LogP contribution is 2.35. The number of sulfonamides is 1. The summed E-state index contributed by atoms with van der Waals surface area (Å²) in [5.74, 6) is 0.659. The Balaban J connectivity index is 0.000000840. The van der Waals surface area contributed by atoms with Crippen molar-refractivity contribution in [3.63, 3.8) is 0 Å². The maximum Gasteiger partial charge on any atom is 0.402 e. The number of fused-ring (bicyclic) bond motifs is 1. The van der Waals surface area contributed by atoms with E-state index in [1.807, 2.05) is 24.4 Å². The molecule has 0 aliphatic rings. The molecule has 2 aromatic carbocycles. The van der Waals surface area contributed by atoms with Crippen molar-refractivity contribution >= 4 is 56.1 Å². The first-order chi connectivity index (χ1) is 16.8. The number of furan rings is 1. The summed E-state index contributed by atoms with van der Waals surface area (Å²) in [6.45, 7) is 6.36. The Kier molecular flexibility index (Phi) is 8.55. The lowest BCUT2D eigenvalue weighted by Gasteiger charge is -2.18. The number of halogens is 1. The molecule has 1 amide bonds. The molecule has 11 heteroatoms. The van der Waals surface area contributed by atoms with Crippen molar-refractivity contribution in [2.75, 3.05) is 4.72 Å². The number of nitrogens with two attached hydrogens (primary N) is 1. The van der Waals surface area contributed by atoms with Gasteiger partial charge in [-0.15, -0.1) is 11.8 Å². The van der Waals surface area contributed by atoms with Crippen LogP contribution in [0, 0.1) is 0 Å². The van der Waals surface area contributed by atoms with Crippen LogP contribution < -0.4 is 10.5 Å². The van der Waals surface area contributed by atoms with Gasteiger partial charge in [-0.2, -0.15) is 8.42 Å². The molecule has 2 heterocycles. The summed E-state index contributed by atoms with van der Waals surface area (Å²) in [5.41, 5.74) is 7.02. The molecule has 0 bridgehead atoms. The van der Waals surface area contributed by atoms with E-state index >= 15 is 0 Å². The third-order valence-corrected chi connectivity index (χ3v) is 7.44. The standard InChI is InChI=1S/C24H23ClN2O3S2.CH3NO2/c1-24(2,3)22-12-16(10-11-26-22)15-31-21-9-8-18(25)14-19(21)27-32(28,29)23-13-17-6-4-5-7-20(17)30-23;2-1(3)4/h4-14,27H,15H2,1-3H3;2H2,(H,3,4). The molecule has 0 aliphatic carbocycles. The second kappa shape index (κ2) is 11.2. The fourth-order valence-electron chi connectivity index (χ4n) is 3.13. The Bertz CT molecular complexity index is 1440. The largest absolute Gasteiger partial charge is 0.465 e. The zero-order valence-electron chi connectivity index (χ0n) is 19.9. The number of para-hydroxylation sites is 1. The zero-order valence-corrected chi connectivity index (χ0v) is 22.2. The second-order valence-electron chi connectivity index (χ2n) is 8.78. The summed E-state index contributed by atoms with van der Waals surface area (Å²) >= 11 is 7.69. The molecule has 36 heavy (non-hydrogen) atoms. The first-order valence-corrected chi connectivity index (χ1v) is 13.6. The van der Waals surface area contributed by atoms with Crippen molar-refractivity contribution in [1.29, 1.82) is 0 Å². The minimum absolute atomic E-state index is 0.0473. The number of carbonyl (C=O) groups is 1. The van der Waals surface area contributed by atoms with E-state index in [1.54, 1.807) is 30.3 Å². The third kappa shape index (κ3) is 7.39. The number of nitrogens with zero attached hydrogens (tertiary/aromatic N) is 1. The maximum atomic E-state index is 13.0. The number of hydrogen-bond acceptors (Lipinski definition) is 6. The summed E-state index contributed by atoms with van der Waals surface area (Å²) in [4.78, 5) is 14.0. The molecule has 0 atom stereocenters. The normalized spacial score (nSPS) is 11.6. The monoisotopic (exact) mass is 547 g/mol. The van der Waals surface area contributed by atoms with E-state index in [0.29, 0.717) is 22.0 Å². The van der Waals surface area contributed by atoms with Crippen LogP contribution in [-0.4, -0.2) is 24.6 Å². The Morgan fingerprint density at radius 2 is 1.83 bits per heavy atom. The molecule has 0 unspecified atom stereocenters. The lowest BCUT2D eigenvalue weighted by atomic mass is 9.91. The average molecular weight is 548 g/mol. The molecule has 2 aromatic heterocycles. The summed E-state index contributed by atoms with van der Waals surface area (Å²) in [5, 5.41) is 8.22. The van der Waals surface area contributed by atoms with Gasteiger partial charge in [0.2, 0.25) is 5.09 Å². The summed E-state index contributed by atoms with van der Waals surface area (Å²) in [7, 11) is -3.92. The second-order valence-corrected chi connectivity index (χ2v) is 11.8. The number of pyridine rings is 1. The van der Waals surface area contributed by atoms with Crippen LogP contribution in [0.1, 0.15) is 32.0 Å². The predicted molar refractivity (Wildman–Crippen MR) is 143 cm³/mol. The van der Waals surface area contributed by atoms with Crippen molar-refractivity contribution in [2.24, 2.45) is 5.73 Å². The zero-order chi connectivity index (χ0) is 26.5. The van der Waals surface area contributed by atoms with Crippen molar-refractivity contribution < 1.29 is 22.7 Å². The quantitative estimate of drug-likeness (QED) is 0.234. The van der Waals surface area contributed by atoms with Gasteiger partial charge in [-0.3, -0.25) is 9.71 Å². The van der Waals surface area contributed by atoms with Crippen LogP contribution in [0.4, 0.5) is 10.5 Å². The molecule has 0 aliphatic heterocycles. The number of benzene rings is 2. The minimum atomic E-state index is -3.92. The number of thioether (sulfide) groups is 1. The van der Waals surface area contributed by atoms with Gasteiger partial charge in [0, 0.05) is 44.4 Å². The number of primary amides is 1. The van der Waals surface area contributed by atoms with Gasteiger partial charge in [0.15, 0.2) is 0 Å². The molecule has 190 valence electrons. The molecule has 0 saturated heterocycles. The number of aromatic nitrogens is 1. The number of hydrogen-bond donors (Lipinski definition) is 3. The van der Waals surface area contributed by atoms with Crippen LogP contribution in [0.2, 0.25) is 5.02 Å².